The first kappa shape index (κ1) is 20.3. The fourth-order valence-electron chi connectivity index (χ4n) is 2.36. The first-order valence-electron chi connectivity index (χ1n) is 8.26. The van der Waals surface area contributed by atoms with Gasteiger partial charge in [0.2, 0.25) is 0 Å². The van der Waals surface area contributed by atoms with Gasteiger partial charge in [-0.2, -0.15) is 0 Å². The van der Waals surface area contributed by atoms with Gasteiger partial charge in [-0.05, 0) is 25.7 Å². The van der Waals surface area contributed by atoms with Crippen molar-refractivity contribution in [1.29, 1.82) is 0 Å². The zero-order valence-electron chi connectivity index (χ0n) is 13.0. The molecule has 0 aliphatic rings. The van der Waals surface area contributed by atoms with Crippen LogP contribution in [-0.2, 0) is 4.79 Å². The van der Waals surface area contributed by atoms with Crippen molar-refractivity contribution in [2.75, 3.05) is 6.61 Å². The lowest BCUT2D eigenvalue weighted by molar-refractivity contribution is -0.137. The monoisotopic (exact) mass is 304 g/mol. The molecule has 0 aromatic carbocycles. The lowest BCUT2D eigenvalue weighted by Crippen LogP contribution is -2.25. The molecule has 126 valence electrons. The summed E-state index contributed by atoms with van der Waals surface area (Å²) in [6.45, 7) is 0.244. The molecule has 0 saturated heterocycles. The number of aliphatic carboxylic acids is 1. The summed E-state index contributed by atoms with van der Waals surface area (Å²) in [5, 5.41) is 36.8. The smallest absolute Gasteiger partial charge is 0.303 e. The molecule has 0 aliphatic heterocycles. The van der Waals surface area contributed by atoms with Gasteiger partial charge in [-0.3, -0.25) is 4.79 Å². The number of rotatable bonds is 15. The van der Waals surface area contributed by atoms with E-state index in [4.69, 9.17) is 10.2 Å². The van der Waals surface area contributed by atoms with E-state index in [0.717, 1.165) is 51.4 Å². The molecule has 2 unspecified atom stereocenters. The summed E-state index contributed by atoms with van der Waals surface area (Å²) in [6, 6.07) is 0. The molecule has 0 heterocycles. The highest BCUT2D eigenvalue weighted by atomic mass is 16.4. The van der Waals surface area contributed by atoms with Gasteiger partial charge in [-0.25, -0.2) is 0 Å². The van der Waals surface area contributed by atoms with Crippen molar-refractivity contribution in [3.05, 3.63) is 0 Å². The normalized spacial score (nSPS) is 14.0. The Morgan fingerprint density at radius 1 is 0.714 bits per heavy atom. The molecule has 21 heavy (non-hydrogen) atoms. The van der Waals surface area contributed by atoms with E-state index in [-0.39, 0.29) is 13.0 Å². The van der Waals surface area contributed by atoms with Crippen molar-refractivity contribution in [3.63, 3.8) is 0 Å². The van der Waals surface area contributed by atoms with E-state index >= 15 is 0 Å². The number of hydrogen-bond acceptors (Lipinski definition) is 4. The number of aliphatic hydroxyl groups excluding tert-OH is 3. The Bertz CT molecular complexity index is 245. The summed E-state index contributed by atoms with van der Waals surface area (Å²) in [4.78, 5) is 10.3. The zero-order chi connectivity index (χ0) is 15.9. The first-order chi connectivity index (χ1) is 10.1. The SMILES string of the molecule is O=C(O)CCCCCCC(O)C(O)CCCCCCCO. The van der Waals surface area contributed by atoms with Crippen molar-refractivity contribution < 1.29 is 25.2 Å². The Morgan fingerprint density at radius 3 is 1.62 bits per heavy atom. The van der Waals surface area contributed by atoms with Crippen LogP contribution in [0.5, 0.6) is 0 Å². The molecule has 0 aromatic heterocycles. The van der Waals surface area contributed by atoms with Crippen LogP contribution in [0.1, 0.15) is 77.0 Å². The molecule has 4 N–H and O–H groups in total. The summed E-state index contributed by atoms with van der Waals surface area (Å²) < 4.78 is 0. The van der Waals surface area contributed by atoms with Crippen molar-refractivity contribution in [3.8, 4) is 0 Å². The number of aliphatic hydroxyl groups is 3. The Labute approximate surface area is 128 Å². The summed E-state index contributed by atoms with van der Waals surface area (Å²) >= 11 is 0. The Morgan fingerprint density at radius 2 is 1.14 bits per heavy atom. The molecule has 5 heteroatoms. The Balaban J connectivity index is 3.40. The standard InChI is InChI=1S/C16H32O5/c17-13-9-5-1-2-6-10-14(18)15(19)11-7-3-4-8-12-16(20)21/h14-15,17-19H,1-13H2,(H,20,21). The third-order valence-electron chi connectivity index (χ3n) is 3.74. The van der Waals surface area contributed by atoms with Crippen LogP contribution in [0.4, 0.5) is 0 Å². The molecule has 2 atom stereocenters. The van der Waals surface area contributed by atoms with Crippen LogP contribution in [0, 0.1) is 0 Å². The van der Waals surface area contributed by atoms with Gasteiger partial charge in [0, 0.05) is 13.0 Å². The highest BCUT2D eigenvalue weighted by molar-refractivity contribution is 5.66. The van der Waals surface area contributed by atoms with Crippen LogP contribution in [0.15, 0.2) is 0 Å². The molecule has 0 aromatic rings. The van der Waals surface area contributed by atoms with E-state index in [1.807, 2.05) is 0 Å². The summed E-state index contributed by atoms with van der Waals surface area (Å²) in [7, 11) is 0. The van der Waals surface area contributed by atoms with Crippen LogP contribution in [-0.4, -0.2) is 45.2 Å². The molecule has 0 saturated carbocycles. The van der Waals surface area contributed by atoms with Gasteiger partial charge >= 0.3 is 5.97 Å². The Hall–Kier alpha value is -0.650. The predicted molar refractivity (Wildman–Crippen MR) is 82.1 cm³/mol. The number of unbranched alkanes of at least 4 members (excludes halogenated alkanes) is 7. The molecular formula is C16H32O5. The van der Waals surface area contributed by atoms with Gasteiger partial charge in [0.05, 0.1) is 12.2 Å². The number of carbonyl (C=O) groups is 1. The summed E-state index contributed by atoms with van der Waals surface area (Å²) in [5.74, 6) is -0.760. The molecule has 0 radical (unpaired) electrons. The third kappa shape index (κ3) is 14.1. The predicted octanol–water partition coefficient (Wildman–Crippen LogP) is 2.47. The van der Waals surface area contributed by atoms with Crippen LogP contribution < -0.4 is 0 Å². The maximum absolute atomic E-state index is 10.3. The fourth-order valence-corrected chi connectivity index (χ4v) is 2.36. The van der Waals surface area contributed by atoms with Gasteiger partial charge < -0.3 is 20.4 Å². The van der Waals surface area contributed by atoms with Gasteiger partial charge in [0.1, 0.15) is 0 Å². The fraction of sp³-hybridized carbons (Fsp3) is 0.938. The minimum atomic E-state index is -0.760. The molecule has 0 amide bonds. The zero-order valence-corrected chi connectivity index (χ0v) is 13.0. The van der Waals surface area contributed by atoms with Gasteiger partial charge in [-0.15, -0.1) is 0 Å². The number of carboxylic acid groups (broad SMARTS) is 1. The van der Waals surface area contributed by atoms with Crippen LogP contribution in [0.3, 0.4) is 0 Å². The van der Waals surface area contributed by atoms with Gasteiger partial charge in [0.15, 0.2) is 0 Å². The lowest BCUT2D eigenvalue weighted by Gasteiger charge is -2.17. The highest BCUT2D eigenvalue weighted by Gasteiger charge is 2.15. The van der Waals surface area contributed by atoms with E-state index < -0.39 is 18.2 Å². The molecule has 0 rings (SSSR count). The van der Waals surface area contributed by atoms with E-state index in [2.05, 4.69) is 0 Å². The molecule has 0 aliphatic carbocycles. The molecule has 0 spiro atoms. The maximum atomic E-state index is 10.3. The van der Waals surface area contributed by atoms with Crippen molar-refractivity contribution in [2.24, 2.45) is 0 Å². The lowest BCUT2D eigenvalue weighted by atomic mass is 10.00. The summed E-state index contributed by atoms with van der Waals surface area (Å²) in [6.07, 6.45) is 8.23. The molecular weight excluding hydrogens is 272 g/mol. The van der Waals surface area contributed by atoms with Crippen molar-refractivity contribution in [2.45, 2.75) is 89.3 Å². The minimum absolute atomic E-state index is 0.210. The van der Waals surface area contributed by atoms with Gasteiger partial charge in [0.25, 0.3) is 0 Å². The Kier molecular flexibility index (Phi) is 13.9. The topological polar surface area (TPSA) is 98.0 Å². The van der Waals surface area contributed by atoms with E-state index in [1.54, 1.807) is 0 Å². The average Bonchev–Trinajstić information content (AvgIpc) is 2.45. The van der Waals surface area contributed by atoms with Crippen molar-refractivity contribution >= 4 is 5.97 Å². The first-order valence-corrected chi connectivity index (χ1v) is 8.26. The third-order valence-corrected chi connectivity index (χ3v) is 3.74. The van der Waals surface area contributed by atoms with Crippen molar-refractivity contribution in [1.82, 2.24) is 0 Å². The van der Waals surface area contributed by atoms with E-state index in [0.29, 0.717) is 19.3 Å². The second kappa shape index (κ2) is 14.3. The van der Waals surface area contributed by atoms with Crippen LogP contribution in [0.2, 0.25) is 0 Å². The second-order valence-electron chi connectivity index (χ2n) is 5.76. The van der Waals surface area contributed by atoms with Gasteiger partial charge in [-0.1, -0.05) is 44.9 Å². The maximum Gasteiger partial charge on any atom is 0.303 e. The average molecular weight is 304 g/mol. The number of hydrogen-bond donors (Lipinski definition) is 4. The number of carboxylic acids is 1. The largest absolute Gasteiger partial charge is 0.481 e. The van der Waals surface area contributed by atoms with Crippen LogP contribution in [0.25, 0.3) is 0 Å². The molecule has 5 nitrogen and oxygen atoms in total. The summed E-state index contributed by atoms with van der Waals surface area (Å²) in [5.41, 5.74) is 0. The van der Waals surface area contributed by atoms with Crippen LogP contribution >= 0.6 is 0 Å². The minimum Gasteiger partial charge on any atom is -0.481 e. The molecule has 0 bridgehead atoms. The van der Waals surface area contributed by atoms with E-state index in [9.17, 15) is 15.0 Å². The molecule has 0 fully saturated rings. The second-order valence-corrected chi connectivity index (χ2v) is 5.76. The van der Waals surface area contributed by atoms with E-state index in [1.165, 1.54) is 0 Å². The quantitative estimate of drug-likeness (QED) is 0.348. The highest BCUT2D eigenvalue weighted by Crippen LogP contribution is 2.14.